The van der Waals surface area contributed by atoms with E-state index in [0.29, 0.717) is 5.69 Å². The quantitative estimate of drug-likeness (QED) is 0.286. The van der Waals surface area contributed by atoms with Gasteiger partial charge in [0.1, 0.15) is 36.7 Å². The van der Waals surface area contributed by atoms with E-state index in [1.807, 2.05) is 0 Å². The molecule has 0 saturated carbocycles. The third-order valence-corrected chi connectivity index (χ3v) is 4.01. The van der Waals surface area contributed by atoms with Crippen molar-refractivity contribution in [1.29, 1.82) is 0 Å². The molecule has 12 heteroatoms. The highest BCUT2D eigenvalue weighted by atomic mass is 16.7. The van der Waals surface area contributed by atoms with Gasteiger partial charge >= 0.3 is 11.9 Å². The smallest absolute Gasteiger partial charge is 0.303 e. The molecule has 1 amide bonds. The molecule has 1 aliphatic rings. The van der Waals surface area contributed by atoms with Crippen LogP contribution in [0.2, 0.25) is 0 Å². The van der Waals surface area contributed by atoms with E-state index in [1.165, 1.54) is 26.0 Å². The first-order chi connectivity index (χ1) is 14.2. The number of nitrogens with one attached hydrogen (secondary N) is 1. The number of hydrogen-bond donors (Lipinski definition) is 2. The summed E-state index contributed by atoms with van der Waals surface area (Å²) in [6, 6.07) is 4.97. The van der Waals surface area contributed by atoms with Gasteiger partial charge in [0, 0.05) is 31.4 Å². The van der Waals surface area contributed by atoms with Crippen molar-refractivity contribution < 1.29 is 38.4 Å². The molecule has 5 atom stereocenters. The van der Waals surface area contributed by atoms with Gasteiger partial charge in [-0.05, 0) is 29.8 Å². The maximum absolute atomic E-state index is 11.5. The lowest BCUT2D eigenvalue weighted by Crippen LogP contribution is -2.60. The lowest BCUT2D eigenvalue weighted by atomic mass is 9.96. The van der Waals surface area contributed by atoms with Crippen molar-refractivity contribution in [2.45, 2.75) is 51.4 Å². The lowest BCUT2D eigenvalue weighted by Gasteiger charge is -2.41. The molecule has 0 bridgehead atoms. The molecule has 0 radical (unpaired) electrons. The van der Waals surface area contributed by atoms with Crippen molar-refractivity contribution >= 4 is 23.5 Å². The summed E-state index contributed by atoms with van der Waals surface area (Å²) in [5.41, 5.74) is 9.41. The summed E-state index contributed by atoms with van der Waals surface area (Å²) in [4.78, 5) is 36.5. The van der Waals surface area contributed by atoms with Crippen LogP contribution in [0.3, 0.4) is 0 Å². The molecule has 1 aromatic rings. The van der Waals surface area contributed by atoms with Crippen molar-refractivity contribution in [2.24, 2.45) is 5.11 Å². The Kier molecular flexibility index (Phi) is 7.98. The molecule has 1 aliphatic heterocycles. The fourth-order valence-corrected chi connectivity index (χ4v) is 2.82. The predicted octanol–water partition coefficient (Wildman–Crippen LogP) is 1.28. The van der Waals surface area contributed by atoms with Crippen LogP contribution in [0.1, 0.15) is 20.8 Å². The van der Waals surface area contributed by atoms with E-state index < -0.39 is 42.6 Å². The number of carbonyl (C=O) groups is 3. The Morgan fingerprint density at radius 2 is 1.87 bits per heavy atom. The Hall–Kier alpha value is -3.34. The van der Waals surface area contributed by atoms with Crippen LogP contribution < -0.4 is 10.1 Å². The van der Waals surface area contributed by atoms with E-state index >= 15 is 0 Å². The SMILES string of the molecule is CC(=O)Nc1ccc(O[C@H]2OC(COC(C)=O)C(OC(C)=O)[C@@H](N=[N+]=[N-])[C@@H]2O)cc1. The summed E-state index contributed by atoms with van der Waals surface area (Å²) in [7, 11) is 0. The van der Waals surface area contributed by atoms with Gasteiger partial charge in [0.15, 0.2) is 0 Å². The fraction of sp³-hybridized carbons (Fsp3) is 0.500. The number of hydrogen-bond acceptors (Lipinski definition) is 9. The van der Waals surface area contributed by atoms with Gasteiger partial charge in [-0.15, -0.1) is 0 Å². The van der Waals surface area contributed by atoms with Crippen molar-refractivity contribution in [3.63, 3.8) is 0 Å². The van der Waals surface area contributed by atoms with Gasteiger partial charge in [0.25, 0.3) is 0 Å². The largest absolute Gasteiger partial charge is 0.463 e. The number of aliphatic hydroxyl groups is 1. The molecule has 0 spiro atoms. The molecular weight excluding hydrogens is 400 g/mol. The van der Waals surface area contributed by atoms with Crippen LogP contribution in [0.15, 0.2) is 29.4 Å². The standard InChI is InChI=1S/C18H22N4O8/c1-9(23)20-12-4-6-13(7-5-12)29-18-16(26)15(21-22-19)17(28-11(3)25)14(30-18)8-27-10(2)24/h4-7,14-18,26H,8H2,1-3H3,(H,20,23)/t14?,15-,16-,17?,18-/m0/s1. The first-order valence-corrected chi connectivity index (χ1v) is 8.94. The normalized spacial score (nSPS) is 25.4. The van der Waals surface area contributed by atoms with E-state index in [1.54, 1.807) is 12.1 Å². The number of rotatable bonds is 7. The van der Waals surface area contributed by atoms with E-state index in [0.717, 1.165) is 6.92 Å². The summed E-state index contributed by atoms with van der Waals surface area (Å²) in [6.45, 7) is 3.38. The Bertz CT molecular complexity index is 824. The van der Waals surface area contributed by atoms with Crippen LogP contribution in [0.25, 0.3) is 10.4 Å². The molecular formula is C18H22N4O8. The third kappa shape index (κ3) is 6.34. The number of aliphatic hydroxyl groups excluding tert-OH is 1. The van der Waals surface area contributed by atoms with Gasteiger partial charge in [-0.1, -0.05) is 5.11 Å². The number of ether oxygens (including phenoxy) is 4. The van der Waals surface area contributed by atoms with E-state index in [4.69, 9.17) is 24.5 Å². The molecule has 2 unspecified atom stereocenters. The van der Waals surface area contributed by atoms with Crippen LogP contribution in [-0.2, 0) is 28.6 Å². The zero-order valence-electron chi connectivity index (χ0n) is 16.5. The van der Waals surface area contributed by atoms with Crippen LogP contribution in [-0.4, -0.2) is 60.2 Å². The summed E-state index contributed by atoms with van der Waals surface area (Å²) >= 11 is 0. The zero-order chi connectivity index (χ0) is 22.3. The number of nitrogens with zero attached hydrogens (tertiary/aromatic N) is 3. The zero-order valence-corrected chi connectivity index (χ0v) is 16.5. The molecule has 0 aromatic heterocycles. The van der Waals surface area contributed by atoms with Crippen molar-refractivity contribution in [2.75, 3.05) is 11.9 Å². The topological polar surface area (TPSA) is 169 Å². The van der Waals surface area contributed by atoms with E-state index in [-0.39, 0.29) is 18.3 Å². The predicted molar refractivity (Wildman–Crippen MR) is 101 cm³/mol. The number of carbonyl (C=O) groups excluding carboxylic acids is 3. The summed E-state index contributed by atoms with van der Waals surface area (Å²) in [5.74, 6) is -1.26. The Morgan fingerprint density at radius 1 is 1.20 bits per heavy atom. The second-order valence-corrected chi connectivity index (χ2v) is 6.43. The minimum absolute atomic E-state index is 0.239. The lowest BCUT2D eigenvalue weighted by molar-refractivity contribution is -0.254. The number of esters is 2. The highest BCUT2D eigenvalue weighted by molar-refractivity contribution is 5.88. The molecule has 30 heavy (non-hydrogen) atoms. The van der Waals surface area contributed by atoms with E-state index in [9.17, 15) is 19.5 Å². The number of amides is 1. The van der Waals surface area contributed by atoms with Crippen molar-refractivity contribution in [3.8, 4) is 5.75 Å². The van der Waals surface area contributed by atoms with Gasteiger partial charge in [-0.2, -0.15) is 0 Å². The molecule has 2 N–H and O–H groups in total. The molecule has 1 saturated heterocycles. The highest BCUT2D eigenvalue weighted by Crippen LogP contribution is 2.29. The molecule has 1 heterocycles. The monoisotopic (exact) mass is 422 g/mol. The molecule has 2 rings (SSSR count). The Balaban J connectivity index is 2.23. The molecule has 1 fully saturated rings. The average Bonchev–Trinajstić information content (AvgIpc) is 2.66. The van der Waals surface area contributed by atoms with Gasteiger partial charge in [-0.3, -0.25) is 14.4 Å². The summed E-state index contributed by atoms with van der Waals surface area (Å²) in [5, 5.41) is 16.7. The maximum Gasteiger partial charge on any atom is 0.303 e. The van der Waals surface area contributed by atoms with Gasteiger partial charge in [0.2, 0.25) is 12.2 Å². The van der Waals surface area contributed by atoms with Crippen LogP contribution >= 0.6 is 0 Å². The average molecular weight is 422 g/mol. The van der Waals surface area contributed by atoms with Crippen molar-refractivity contribution in [1.82, 2.24) is 0 Å². The summed E-state index contributed by atoms with van der Waals surface area (Å²) < 4.78 is 21.4. The fourth-order valence-electron chi connectivity index (χ4n) is 2.82. The maximum atomic E-state index is 11.5. The number of azide groups is 1. The second-order valence-electron chi connectivity index (χ2n) is 6.43. The van der Waals surface area contributed by atoms with Gasteiger partial charge in [-0.25, -0.2) is 0 Å². The molecule has 0 aliphatic carbocycles. The highest BCUT2D eigenvalue weighted by Gasteiger charge is 2.48. The Labute approximate surface area is 171 Å². The number of benzene rings is 1. The molecule has 12 nitrogen and oxygen atoms in total. The first kappa shape index (κ1) is 22.9. The molecule has 162 valence electrons. The van der Waals surface area contributed by atoms with Crippen molar-refractivity contribution in [3.05, 3.63) is 34.7 Å². The van der Waals surface area contributed by atoms with Gasteiger partial charge < -0.3 is 29.4 Å². The molecule has 1 aromatic carbocycles. The minimum Gasteiger partial charge on any atom is -0.463 e. The first-order valence-electron chi connectivity index (χ1n) is 8.94. The van der Waals surface area contributed by atoms with Crippen LogP contribution in [0.4, 0.5) is 5.69 Å². The van der Waals surface area contributed by atoms with E-state index in [2.05, 4.69) is 15.3 Å². The van der Waals surface area contributed by atoms with Gasteiger partial charge in [0.05, 0.1) is 0 Å². The second kappa shape index (κ2) is 10.4. The third-order valence-electron chi connectivity index (χ3n) is 4.01. The Morgan fingerprint density at radius 3 is 2.40 bits per heavy atom. The van der Waals surface area contributed by atoms with Crippen LogP contribution in [0.5, 0.6) is 5.75 Å². The number of anilines is 1. The van der Waals surface area contributed by atoms with Crippen LogP contribution in [0, 0.1) is 0 Å². The minimum atomic E-state index is -1.49. The summed E-state index contributed by atoms with van der Waals surface area (Å²) in [6.07, 6.45) is -5.07.